The summed E-state index contributed by atoms with van der Waals surface area (Å²) in [6.45, 7) is 8.22. The topological polar surface area (TPSA) is 116 Å². The number of carbonyl (C=O) groups excluding carboxylic acids is 1. The number of esters is 1. The molecule has 0 unspecified atom stereocenters. The van der Waals surface area contributed by atoms with Gasteiger partial charge in [0.2, 0.25) is 0 Å². The first-order valence-electron chi connectivity index (χ1n) is 14.2. The van der Waals surface area contributed by atoms with Crippen LogP contribution in [0.1, 0.15) is 62.3 Å². The van der Waals surface area contributed by atoms with Crippen LogP contribution in [0.4, 0.5) is 0 Å². The zero-order valence-corrected chi connectivity index (χ0v) is 25.5. The van der Waals surface area contributed by atoms with Crippen LogP contribution >= 0.6 is 11.8 Å². The van der Waals surface area contributed by atoms with Crippen LogP contribution in [0.5, 0.6) is 17.2 Å². The summed E-state index contributed by atoms with van der Waals surface area (Å²) in [6.07, 6.45) is 2.36. The standard InChI is InChI=1S/C34H40O7S/c1-22-19-30(27(33(2,3)4)20-29(22)40-18-17-35)42-31-28(38)21-34(41-32(31)39,15-13-23-5-9-25(36)10-6-23)16-14-24-7-11-26(37)12-8-24/h5-12,19-20,35-38H,13-18,21H2,1-4H3. The first-order valence-corrected chi connectivity index (χ1v) is 15.0. The number of ether oxygens (including phenoxy) is 2. The largest absolute Gasteiger partial charge is 0.511 e. The average Bonchev–Trinajstić information content (AvgIpc) is 2.93. The van der Waals surface area contributed by atoms with Crippen molar-refractivity contribution in [2.45, 2.75) is 75.7 Å². The predicted octanol–water partition coefficient (Wildman–Crippen LogP) is 6.89. The Balaban J connectivity index is 1.63. The summed E-state index contributed by atoms with van der Waals surface area (Å²) < 4.78 is 12.0. The van der Waals surface area contributed by atoms with Gasteiger partial charge in [-0.05, 0) is 96.7 Å². The highest BCUT2D eigenvalue weighted by molar-refractivity contribution is 8.04. The maximum Gasteiger partial charge on any atom is 0.349 e. The van der Waals surface area contributed by atoms with Gasteiger partial charge in [-0.25, -0.2) is 4.79 Å². The van der Waals surface area contributed by atoms with Crippen molar-refractivity contribution in [1.82, 2.24) is 0 Å². The molecular weight excluding hydrogens is 552 g/mol. The second-order valence-corrected chi connectivity index (χ2v) is 12.9. The van der Waals surface area contributed by atoms with Crippen LogP contribution in [0.2, 0.25) is 0 Å². The Morgan fingerprint density at radius 2 is 1.45 bits per heavy atom. The Labute approximate surface area is 251 Å². The Morgan fingerprint density at radius 3 is 1.93 bits per heavy atom. The monoisotopic (exact) mass is 592 g/mol. The van der Waals surface area contributed by atoms with Gasteiger partial charge in [0.1, 0.15) is 40.1 Å². The first kappa shape index (κ1) is 31.3. The molecule has 0 atom stereocenters. The lowest BCUT2D eigenvalue weighted by molar-refractivity contribution is -0.159. The fourth-order valence-corrected chi connectivity index (χ4v) is 6.36. The highest BCUT2D eigenvalue weighted by Gasteiger charge is 2.42. The number of benzene rings is 3. The molecule has 4 N–H and O–H groups in total. The summed E-state index contributed by atoms with van der Waals surface area (Å²) in [4.78, 5) is 14.6. The average molecular weight is 593 g/mol. The molecule has 8 heteroatoms. The predicted molar refractivity (Wildman–Crippen MR) is 164 cm³/mol. The van der Waals surface area contributed by atoms with Gasteiger partial charge < -0.3 is 29.9 Å². The molecule has 0 spiro atoms. The summed E-state index contributed by atoms with van der Waals surface area (Å²) in [5, 5.41) is 39.9. The van der Waals surface area contributed by atoms with Gasteiger partial charge in [-0.3, -0.25) is 0 Å². The molecule has 0 saturated carbocycles. The van der Waals surface area contributed by atoms with Crippen molar-refractivity contribution >= 4 is 17.7 Å². The number of aliphatic hydroxyl groups is 2. The molecule has 0 saturated heterocycles. The number of hydrogen-bond donors (Lipinski definition) is 4. The number of thioether (sulfide) groups is 1. The Bertz CT molecular complexity index is 1370. The van der Waals surface area contributed by atoms with Crippen LogP contribution in [0.15, 0.2) is 76.2 Å². The van der Waals surface area contributed by atoms with E-state index in [2.05, 4.69) is 20.8 Å². The molecular formula is C34H40O7S. The van der Waals surface area contributed by atoms with Crippen molar-refractivity contribution in [1.29, 1.82) is 0 Å². The zero-order valence-electron chi connectivity index (χ0n) is 24.6. The third-order valence-corrected chi connectivity index (χ3v) is 8.67. The van der Waals surface area contributed by atoms with E-state index >= 15 is 0 Å². The van der Waals surface area contributed by atoms with E-state index in [1.165, 1.54) is 11.8 Å². The van der Waals surface area contributed by atoms with Gasteiger partial charge in [0.05, 0.1) is 6.61 Å². The molecule has 1 aliphatic rings. The molecule has 0 aromatic heterocycles. The maximum atomic E-state index is 13.6. The van der Waals surface area contributed by atoms with Crippen molar-refractivity contribution in [2.24, 2.45) is 0 Å². The quantitative estimate of drug-likeness (QED) is 0.178. The number of aromatic hydroxyl groups is 2. The van der Waals surface area contributed by atoms with Gasteiger partial charge in [0, 0.05) is 11.3 Å². The smallest absolute Gasteiger partial charge is 0.349 e. The Hall–Kier alpha value is -3.62. The minimum absolute atomic E-state index is 0.00535. The summed E-state index contributed by atoms with van der Waals surface area (Å²) >= 11 is 1.21. The van der Waals surface area contributed by atoms with Crippen molar-refractivity contribution in [2.75, 3.05) is 13.2 Å². The molecule has 7 nitrogen and oxygen atoms in total. The molecule has 0 amide bonds. The third-order valence-electron chi connectivity index (χ3n) is 7.50. The second-order valence-electron chi connectivity index (χ2n) is 11.9. The van der Waals surface area contributed by atoms with E-state index in [1.54, 1.807) is 24.3 Å². The van der Waals surface area contributed by atoms with Crippen molar-refractivity contribution in [3.8, 4) is 17.2 Å². The molecule has 42 heavy (non-hydrogen) atoms. The highest BCUT2D eigenvalue weighted by Crippen LogP contribution is 2.45. The minimum Gasteiger partial charge on any atom is -0.511 e. The van der Waals surface area contributed by atoms with Crippen LogP contribution < -0.4 is 4.74 Å². The zero-order chi connectivity index (χ0) is 30.5. The second kappa shape index (κ2) is 13.1. The number of aryl methyl sites for hydroxylation is 3. The van der Waals surface area contributed by atoms with Crippen molar-refractivity contribution in [3.63, 3.8) is 0 Å². The van der Waals surface area contributed by atoms with Gasteiger partial charge in [0.15, 0.2) is 0 Å². The lowest BCUT2D eigenvalue weighted by Crippen LogP contribution is -2.41. The molecule has 0 radical (unpaired) electrons. The molecule has 0 bridgehead atoms. The SMILES string of the molecule is Cc1cc(SC2=C(O)CC(CCc3ccc(O)cc3)(CCc3ccc(O)cc3)OC2=O)c(C(C)(C)C)cc1OCCO. The fraction of sp³-hybridized carbons (Fsp3) is 0.382. The molecule has 0 aliphatic carbocycles. The third kappa shape index (κ3) is 7.81. The van der Waals surface area contributed by atoms with E-state index in [1.807, 2.05) is 43.3 Å². The number of cyclic esters (lactones) is 1. The highest BCUT2D eigenvalue weighted by atomic mass is 32.2. The lowest BCUT2D eigenvalue weighted by Gasteiger charge is -2.37. The summed E-state index contributed by atoms with van der Waals surface area (Å²) in [7, 11) is 0. The number of aliphatic hydroxyl groups excluding tert-OH is 2. The van der Waals surface area contributed by atoms with Crippen LogP contribution in [0.25, 0.3) is 0 Å². The number of carbonyl (C=O) groups is 1. The molecule has 4 rings (SSSR count). The molecule has 3 aromatic carbocycles. The minimum atomic E-state index is -0.925. The molecule has 0 fully saturated rings. The van der Waals surface area contributed by atoms with E-state index in [0.29, 0.717) is 31.4 Å². The number of hydrogen-bond acceptors (Lipinski definition) is 8. The first-order chi connectivity index (χ1) is 19.9. The lowest BCUT2D eigenvalue weighted by atomic mass is 9.84. The number of phenols is 2. The summed E-state index contributed by atoms with van der Waals surface area (Å²) in [5.41, 5.74) is 2.60. The van der Waals surface area contributed by atoms with Crippen LogP contribution in [-0.4, -0.2) is 45.2 Å². The van der Waals surface area contributed by atoms with Gasteiger partial charge in [-0.1, -0.05) is 56.8 Å². The molecule has 224 valence electrons. The van der Waals surface area contributed by atoms with Crippen LogP contribution in [0, 0.1) is 6.92 Å². The van der Waals surface area contributed by atoms with Gasteiger partial charge in [-0.2, -0.15) is 0 Å². The maximum absolute atomic E-state index is 13.6. The fourth-order valence-electron chi connectivity index (χ4n) is 5.11. The van der Waals surface area contributed by atoms with E-state index < -0.39 is 11.6 Å². The number of rotatable bonds is 11. The van der Waals surface area contributed by atoms with Gasteiger partial charge >= 0.3 is 5.97 Å². The molecule has 1 heterocycles. The number of phenolic OH excluding ortho intramolecular Hbond substituents is 2. The van der Waals surface area contributed by atoms with E-state index in [4.69, 9.17) is 9.47 Å². The normalized spacial score (nSPS) is 15.0. The molecule has 3 aromatic rings. The molecule has 1 aliphatic heterocycles. The van der Waals surface area contributed by atoms with E-state index in [0.717, 1.165) is 27.1 Å². The van der Waals surface area contributed by atoms with Crippen LogP contribution in [0.3, 0.4) is 0 Å². The van der Waals surface area contributed by atoms with E-state index in [-0.39, 0.29) is 47.2 Å². The van der Waals surface area contributed by atoms with E-state index in [9.17, 15) is 25.2 Å². The summed E-state index contributed by atoms with van der Waals surface area (Å²) in [6, 6.07) is 17.8. The van der Waals surface area contributed by atoms with Crippen LogP contribution in [-0.2, 0) is 27.8 Å². The Morgan fingerprint density at radius 1 is 0.905 bits per heavy atom. The Kier molecular flexibility index (Phi) is 9.79. The summed E-state index contributed by atoms with van der Waals surface area (Å²) in [5.74, 6) is 0.490. The van der Waals surface area contributed by atoms with Gasteiger partial charge in [0.25, 0.3) is 0 Å². The van der Waals surface area contributed by atoms with Crippen molar-refractivity contribution in [3.05, 3.63) is 93.6 Å². The van der Waals surface area contributed by atoms with Gasteiger partial charge in [-0.15, -0.1) is 0 Å². The van der Waals surface area contributed by atoms with Crippen molar-refractivity contribution < 1.29 is 34.7 Å².